The monoisotopic (exact) mass is 328 g/mol. The van der Waals surface area contributed by atoms with Gasteiger partial charge in [-0.15, -0.1) is 11.8 Å². The van der Waals surface area contributed by atoms with Crippen molar-refractivity contribution in [2.45, 2.75) is 37.5 Å². The van der Waals surface area contributed by atoms with Crippen molar-refractivity contribution in [3.05, 3.63) is 23.2 Å². The van der Waals surface area contributed by atoms with Gasteiger partial charge in [-0.25, -0.2) is 0 Å². The van der Waals surface area contributed by atoms with E-state index in [-0.39, 0.29) is 6.42 Å². The molecule has 1 saturated heterocycles. The van der Waals surface area contributed by atoms with Crippen LogP contribution in [0.5, 0.6) is 0 Å². The lowest BCUT2D eigenvalue weighted by Crippen LogP contribution is -2.43. The predicted octanol–water partition coefficient (Wildman–Crippen LogP) is 3.61. The van der Waals surface area contributed by atoms with E-state index in [9.17, 15) is 9.59 Å². The Bertz CT molecular complexity index is 555. The van der Waals surface area contributed by atoms with Crippen LogP contribution in [-0.2, 0) is 14.3 Å². The highest BCUT2D eigenvalue weighted by Crippen LogP contribution is 2.47. The molecule has 1 fully saturated rings. The lowest BCUT2D eigenvalue weighted by Gasteiger charge is -2.35. The van der Waals surface area contributed by atoms with Crippen LogP contribution >= 0.6 is 23.4 Å². The third-order valence-electron chi connectivity index (χ3n) is 3.53. The molecule has 1 heterocycles. The summed E-state index contributed by atoms with van der Waals surface area (Å²) in [4.78, 5) is 21.8. The number of fused-ring (bicyclic) bond motifs is 1. The van der Waals surface area contributed by atoms with Crippen LogP contribution in [0.2, 0.25) is 5.02 Å². The minimum atomic E-state index is -0.959. The minimum Gasteiger partial charge on any atom is -0.481 e. The maximum Gasteiger partial charge on any atom is 0.320 e. The molecule has 0 saturated carbocycles. The molecule has 4 nitrogen and oxygen atoms in total. The molecule has 21 heavy (non-hydrogen) atoms. The number of carboxylic acids is 1. The predicted molar refractivity (Wildman–Crippen MR) is 83.7 cm³/mol. The van der Waals surface area contributed by atoms with E-state index in [4.69, 9.17) is 21.4 Å². The van der Waals surface area contributed by atoms with E-state index in [2.05, 4.69) is 0 Å². The van der Waals surface area contributed by atoms with Gasteiger partial charge in [0, 0.05) is 16.9 Å². The van der Waals surface area contributed by atoms with Crippen molar-refractivity contribution < 1.29 is 19.4 Å². The second kappa shape index (κ2) is 6.28. The molecule has 2 atom stereocenters. The molecule has 2 aliphatic carbocycles. The highest BCUT2D eigenvalue weighted by Gasteiger charge is 2.38. The third-order valence-corrected chi connectivity index (χ3v) is 5.48. The summed E-state index contributed by atoms with van der Waals surface area (Å²) in [7, 11) is 0. The quantitative estimate of drug-likeness (QED) is 0.872. The number of ether oxygens (including phenoxy) is 1. The minimum absolute atomic E-state index is 0.150. The van der Waals surface area contributed by atoms with Crippen molar-refractivity contribution >= 4 is 35.3 Å². The standard InChI is InChI=1S/C9H14O4S.C6H3Cl/c1-3-9(2)5-14-6(4-7(10)11)8(12)13-9;7-6-4-2-1-3-5(4)6/h6H,3-5H2,1-2H3,(H,10,11);1-3H. The van der Waals surface area contributed by atoms with Crippen LogP contribution in [0.4, 0.5) is 0 Å². The number of hydrogen-bond acceptors (Lipinski definition) is 4. The van der Waals surface area contributed by atoms with Crippen molar-refractivity contribution in [3.8, 4) is 11.1 Å². The van der Waals surface area contributed by atoms with Gasteiger partial charge < -0.3 is 9.84 Å². The van der Waals surface area contributed by atoms with Gasteiger partial charge in [-0.05, 0) is 13.3 Å². The number of carboxylic acid groups (broad SMARTS) is 1. The first-order valence-corrected chi connectivity index (χ1v) is 8.14. The number of esters is 1. The van der Waals surface area contributed by atoms with Crippen LogP contribution in [0.25, 0.3) is 11.1 Å². The van der Waals surface area contributed by atoms with Gasteiger partial charge in [-0.1, -0.05) is 36.7 Å². The fourth-order valence-electron chi connectivity index (χ4n) is 1.92. The van der Waals surface area contributed by atoms with Gasteiger partial charge in [0.05, 0.1) is 11.4 Å². The first kappa shape index (κ1) is 16.2. The van der Waals surface area contributed by atoms with Crippen molar-refractivity contribution in [1.82, 2.24) is 0 Å². The Morgan fingerprint density at radius 2 is 2.14 bits per heavy atom. The largest absolute Gasteiger partial charge is 0.481 e. The van der Waals surface area contributed by atoms with Gasteiger partial charge in [0.1, 0.15) is 10.9 Å². The van der Waals surface area contributed by atoms with Gasteiger partial charge in [-0.3, -0.25) is 9.59 Å². The Kier molecular flexibility index (Phi) is 4.84. The first-order chi connectivity index (χ1) is 9.86. The van der Waals surface area contributed by atoms with E-state index in [0.29, 0.717) is 5.75 Å². The summed E-state index contributed by atoms with van der Waals surface area (Å²) in [5.74, 6) is -0.680. The zero-order chi connectivity index (χ0) is 15.6. The Balaban J connectivity index is 0.000000189. The van der Waals surface area contributed by atoms with E-state index < -0.39 is 22.8 Å². The summed E-state index contributed by atoms with van der Waals surface area (Å²) in [6.07, 6.45) is 0.606. The molecule has 114 valence electrons. The van der Waals surface area contributed by atoms with Crippen LogP contribution in [0.1, 0.15) is 26.7 Å². The SMILES string of the molecule is CCC1(C)CSC(CC(=O)O)C(=O)O1.Clc1c2cccc1-2. The van der Waals surface area contributed by atoms with Crippen molar-refractivity contribution in [3.63, 3.8) is 0 Å². The second-order valence-corrected chi connectivity index (χ2v) is 6.86. The summed E-state index contributed by atoms with van der Waals surface area (Å²) >= 11 is 6.99. The first-order valence-electron chi connectivity index (χ1n) is 6.71. The van der Waals surface area contributed by atoms with Gasteiger partial charge in [0.2, 0.25) is 0 Å². The second-order valence-electron chi connectivity index (χ2n) is 5.29. The zero-order valence-electron chi connectivity index (χ0n) is 11.9. The molecular formula is C15H17ClO4S. The molecule has 0 amide bonds. The van der Waals surface area contributed by atoms with Crippen LogP contribution < -0.4 is 0 Å². The molecule has 2 unspecified atom stereocenters. The maximum absolute atomic E-state index is 11.4. The highest BCUT2D eigenvalue weighted by atomic mass is 35.5. The molecule has 0 aromatic rings. The molecule has 0 aromatic carbocycles. The molecule has 0 radical (unpaired) electrons. The number of thioether (sulfide) groups is 1. The van der Waals surface area contributed by atoms with E-state index in [1.54, 1.807) is 0 Å². The van der Waals surface area contributed by atoms with E-state index in [1.807, 2.05) is 32.0 Å². The van der Waals surface area contributed by atoms with E-state index in [1.165, 1.54) is 22.9 Å². The van der Waals surface area contributed by atoms with Crippen LogP contribution in [-0.4, -0.2) is 33.6 Å². The van der Waals surface area contributed by atoms with E-state index >= 15 is 0 Å². The Morgan fingerprint density at radius 1 is 1.52 bits per heavy atom. The fraction of sp³-hybridized carbons (Fsp3) is 0.467. The Labute approximate surface area is 132 Å². The fourth-order valence-corrected chi connectivity index (χ4v) is 3.46. The van der Waals surface area contributed by atoms with Crippen LogP contribution in [0, 0.1) is 0 Å². The smallest absolute Gasteiger partial charge is 0.320 e. The molecule has 0 aromatic heterocycles. The summed E-state index contributed by atoms with van der Waals surface area (Å²) in [6.45, 7) is 3.82. The highest BCUT2D eigenvalue weighted by molar-refractivity contribution is 8.00. The number of carbonyl (C=O) groups excluding carboxylic acids is 1. The van der Waals surface area contributed by atoms with Crippen LogP contribution in [0.3, 0.4) is 0 Å². The summed E-state index contributed by atoms with van der Waals surface area (Å²) < 4.78 is 5.21. The summed E-state index contributed by atoms with van der Waals surface area (Å²) in [6, 6.07) is 6.06. The molecule has 6 heteroatoms. The summed E-state index contributed by atoms with van der Waals surface area (Å²) in [5.41, 5.74) is 2.06. The molecule has 0 bridgehead atoms. The molecule has 0 spiro atoms. The van der Waals surface area contributed by atoms with Gasteiger partial charge in [0.15, 0.2) is 0 Å². The topological polar surface area (TPSA) is 63.6 Å². The zero-order valence-corrected chi connectivity index (χ0v) is 13.5. The molecule has 3 aliphatic rings. The number of hydrogen-bond donors (Lipinski definition) is 1. The lowest BCUT2D eigenvalue weighted by molar-refractivity contribution is -0.159. The van der Waals surface area contributed by atoms with Gasteiger partial charge >= 0.3 is 11.9 Å². The molecular weight excluding hydrogens is 312 g/mol. The van der Waals surface area contributed by atoms with Gasteiger partial charge in [-0.2, -0.15) is 0 Å². The molecule has 1 N–H and O–H groups in total. The number of rotatable bonds is 3. The third kappa shape index (κ3) is 3.92. The molecule has 3 rings (SSSR count). The average molecular weight is 329 g/mol. The Morgan fingerprint density at radius 3 is 2.52 bits per heavy atom. The Hall–Kier alpha value is -1.20. The number of carbonyl (C=O) groups is 2. The average Bonchev–Trinajstić information content (AvgIpc) is 2.86. The number of halogens is 1. The number of aliphatic carboxylic acids is 1. The lowest BCUT2D eigenvalue weighted by atomic mass is 10.1. The van der Waals surface area contributed by atoms with E-state index in [0.717, 1.165) is 11.4 Å². The van der Waals surface area contributed by atoms with Crippen molar-refractivity contribution in [1.29, 1.82) is 0 Å². The molecule has 1 aliphatic heterocycles. The normalized spacial score (nSPS) is 25.5. The van der Waals surface area contributed by atoms with Crippen LogP contribution in [0.15, 0.2) is 18.2 Å². The summed E-state index contributed by atoms with van der Waals surface area (Å²) in [5, 5.41) is 8.98. The maximum atomic E-state index is 11.4. The number of benzene rings is 1. The number of cyclic esters (lactones) is 1. The van der Waals surface area contributed by atoms with Crippen molar-refractivity contribution in [2.24, 2.45) is 0 Å². The van der Waals surface area contributed by atoms with Crippen molar-refractivity contribution in [2.75, 3.05) is 5.75 Å². The van der Waals surface area contributed by atoms with Gasteiger partial charge in [0.25, 0.3) is 0 Å².